The first-order valence-corrected chi connectivity index (χ1v) is 6.09. The molecule has 6 heteroatoms. The number of hydrogen-bond acceptors (Lipinski definition) is 5. The van der Waals surface area contributed by atoms with E-state index in [4.69, 9.17) is 4.74 Å². The number of benzene rings is 1. The molecule has 0 saturated heterocycles. The van der Waals surface area contributed by atoms with Crippen LogP contribution in [0.4, 0.5) is 0 Å². The second kappa shape index (κ2) is 6.01. The van der Waals surface area contributed by atoms with Gasteiger partial charge in [-0.2, -0.15) is 0 Å². The van der Waals surface area contributed by atoms with Gasteiger partial charge in [-0.3, -0.25) is 9.78 Å². The van der Waals surface area contributed by atoms with E-state index < -0.39 is 11.4 Å². The minimum Gasteiger partial charge on any atom is -0.466 e. The van der Waals surface area contributed by atoms with Crippen LogP contribution >= 0.6 is 0 Å². The number of rotatable bonds is 4. The Morgan fingerprint density at radius 3 is 2.95 bits per heavy atom. The third kappa shape index (κ3) is 3.23. The van der Waals surface area contributed by atoms with E-state index in [2.05, 4.69) is 9.40 Å². The van der Waals surface area contributed by atoms with Crippen LogP contribution in [0.2, 0.25) is 0 Å². The summed E-state index contributed by atoms with van der Waals surface area (Å²) in [6.07, 6.45) is 3.50. The maximum Gasteiger partial charge on any atom is 0.419 e. The summed E-state index contributed by atoms with van der Waals surface area (Å²) in [7, 11) is 0. The molecule has 0 aliphatic carbocycles. The van der Waals surface area contributed by atoms with Crippen LogP contribution in [0, 0.1) is 0 Å². The minimum atomic E-state index is -0.784. The molecule has 0 fully saturated rings. The third-order valence-electron chi connectivity index (χ3n) is 2.59. The molecule has 2 rings (SSSR count). The number of ether oxygens (including phenoxy) is 1. The molecule has 0 aliphatic rings. The van der Waals surface area contributed by atoms with E-state index in [-0.39, 0.29) is 17.8 Å². The molecule has 0 unspecified atom stereocenters. The maximum atomic E-state index is 11.5. The van der Waals surface area contributed by atoms with Crippen LogP contribution in [-0.4, -0.2) is 17.6 Å². The summed E-state index contributed by atoms with van der Waals surface area (Å²) < 4.78 is 9.24. The predicted octanol–water partition coefficient (Wildman–Crippen LogP) is 1.45. The second-order valence-electron chi connectivity index (χ2n) is 4.02. The van der Waals surface area contributed by atoms with Crippen LogP contribution in [0.25, 0.3) is 17.0 Å². The molecule has 0 amide bonds. The lowest BCUT2D eigenvalue weighted by Gasteiger charge is -1.98. The average molecular weight is 275 g/mol. The molecule has 0 atom stereocenters. The summed E-state index contributed by atoms with van der Waals surface area (Å²) >= 11 is 0. The van der Waals surface area contributed by atoms with E-state index in [1.54, 1.807) is 37.3 Å². The summed E-state index contributed by atoms with van der Waals surface area (Å²) in [5.74, 6) is -1.10. The number of fused-ring (bicyclic) bond motifs is 1. The van der Waals surface area contributed by atoms with Crippen LogP contribution in [0.15, 0.2) is 38.3 Å². The number of aromatic amines is 1. The Bertz CT molecular complexity index is 769. The number of carbonyl (C=O) groups excluding carboxylic acids is 1. The zero-order valence-electron chi connectivity index (χ0n) is 10.8. The van der Waals surface area contributed by atoms with Crippen LogP contribution in [0.5, 0.6) is 0 Å². The quantitative estimate of drug-likeness (QED) is 0.853. The second-order valence-corrected chi connectivity index (χ2v) is 4.02. The summed E-state index contributed by atoms with van der Waals surface area (Å²) in [6, 6.07) is 4.91. The maximum absolute atomic E-state index is 11.5. The summed E-state index contributed by atoms with van der Waals surface area (Å²) in [4.78, 5) is 36.1. The van der Waals surface area contributed by atoms with Gasteiger partial charge in [-0.05, 0) is 24.6 Å². The lowest BCUT2D eigenvalue weighted by Crippen LogP contribution is -2.14. The molecular weight excluding hydrogens is 262 g/mol. The highest BCUT2D eigenvalue weighted by molar-refractivity contribution is 5.80. The van der Waals surface area contributed by atoms with E-state index in [1.165, 1.54) is 0 Å². The van der Waals surface area contributed by atoms with Crippen molar-refractivity contribution in [2.75, 3.05) is 6.61 Å². The highest BCUT2D eigenvalue weighted by Crippen LogP contribution is 2.11. The molecule has 0 spiro atoms. The van der Waals surface area contributed by atoms with E-state index in [9.17, 15) is 14.4 Å². The first-order chi connectivity index (χ1) is 9.60. The number of esters is 1. The fourth-order valence-electron chi connectivity index (χ4n) is 1.73. The minimum absolute atomic E-state index is 0.159. The van der Waals surface area contributed by atoms with Crippen LogP contribution < -0.4 is 11.4 Å². The van der Waals surface area contributed by atoms with Gasteiger partial charge < -0.3 is 9.15 Å². The van der Waals surface area contributed by atoms with Crippen molar-refractivity contribution in [2.45, 2.75) is 13.3 Å². The van der Waals surface area contributed by atoms with Crippen molar-refractivity contribution in [3.05, 3.63) is 50.8 Å². The fraction of sp³-hybridized carbons (Fsp3) is 0.214. The van der Waals surface area contributed by atoms with Crippen molar-refractivity contribution in [3.8, 4) is 0 Å². The predicted molar refractivity (Wildman–Crippen MR) is 73.4 cm³/mol. The van der Waals surface area contributed by atoms with Crippen molar-refractivity contribution < 1.29 is 13.9 Å². The summed E-state index contributed by atoms with van der Waals surface area (Å²) in [5.41, 5.74) is 0.444. The molecule has 0 bridgehead atoms. The van der Waals surface area contributed by atoms with Gasteiger partial charge in [-0.25, -0.2) is 9.59 Å². The Kier molecular flexibility index (Phi) is 4.14. The lowest BCUT2D eigenvalue weighted by molar-refractivity contribution is -0.142. The monoisotopic (exact) mass is 275 g/mol. The molecule has 1 aromatic heterocycles. The van der Waals surface area contributed by atoms with Gasteiger partial charge in [0.25, 0.3) is 0 Å². The normalized spacial score (nSPS) is 11.1. The highest BCUT2D eigenvalue weighted by atomic mass is 16.5. The lowest BCUT2D eigenvalue weighted by atomic mass is 10.1. The molecule has 1 N–H and O–H groups in total. The van der Waals surface area contributed by atoms with Crippen LogP contribution in [0.1, 0.15) is 18.9 Å². The largest absolute Gasteiger partial charge is 0.466 e. The number of hydrogen-bond donors (Lipinski definition) is 1. The Balaban J connectivity index is 2.24. The van der Waals surface area contributed by atoms with E-state index in [0.29, 0.717) is 12.1 Å². The van der Waals surface area contributed by atoms with Crippen molar-refractivity contribution in [1.29, 1.82) is 0 Å². The van der Waals surface area contributed by atoms with Gasteiger partial charge in [0.2, 0.25) is 0 Å². The van der Waals surface area contributed by atoms with Crippen LogP contribution in [-0.2, 0) is 9.53 Å². The number of nitrogens with one attached hydrogen (secondary N) is 1. The average Bonchev–Trinajstić information content (AvgIpc) is 2.39. The number of carbonyl (C=O) groups is 1. The van der Waals surface area contributed by atoms with Crippen molar-refractivity contribution in [2.24, 2.45) is 0 Å². The van der Waals surface area contributed by atoms with Gasteiger partial charge in [0.05, 0.1) is 23.9 Å². The molecular formula is C14H13NO5. The van der Waals surface area contributed by atoms with E-state index in [0.717, 1.165) is 5.56 Å². The fourth-order valence-corrected chi connectivity index (χ4v) is 1.73. The molecule has 1 aromatic carbocycles. The van der Waals surface area contributed by atoms with E-state index >= 15 is 0 Å². The molecule has 1 heterocycles. The molecule has 0 saturated carbocycles. The Hall–Kier alpha value is -2.63. The first kappa shape index (κ1) is 13.8. The zero-order chi connectivity index (χ0) is 14.5. The summed E-state index contributed by atoms with van der Waals surface area (Å²) in [5, 5.41) is 0.280. The Morgan fingerprint density at radius 1 is 1.40 bits per heavy atom. The Labute approximate surface area is 113 Å². The van der Waals surface area contributed by atoms with Crippen molar-refractivity contribution in [1.82, 2.24) is 4.98 Å². The highest BCUT2D eigenvalue weighted by Gasteiger charge is 2.03. The molecule has 0 aliphatic heterocycles. The van der Waals surface area contributed by atoms with Crippen molar-refractivity contribution in [3.63, 3.8) is 0 Å². The summed E-state index contributed by atoms with van der Waals surface area (Å²) in [6.45, 7) is 2.09. The van der Waals surface area contributed by atoms with E-state index in [1.807, 2.05) is 0 Å². The third-order valence-corrected chi connectivity index (χ3v) is 2.59. The topological polar surface area (TPSA) is 89.4 Å². The molecule has 104 valence electrons. The molecule has 0 radical (unpaired) electrons. The van der Waals surface area contributed by atoms with Gasteiger partial charge in [-0.15, -0.1) is 0 Å². The first-order valence-electron chi connectivity index (χ1n) is 6.09. The standard InChI is InChI=1S/C14H13NO5/c1-2-19-12(16)5-3-4-9-6-7-11-10(8-9)13(17)20-14(18)15-11/h3-4,6-8H,2,5H2,1H3,(H,15,18). The van der Waals surface area contributed by atoms with Gasteiger partial charge in [0.15, 0.2) is 0 Å². The number of aromatic nitrogens is 1. The van der Waals surface area contributed by atoms with Crippen LogP contribution in [0.3, 0.4) is 0 Å². The van der Waals surface area contributed by atoms with Crippen molar-refractivity contribution >= 4 is 22.9 Å². The Morgan fingerprint density at radius 2 is 2.20 bits per heavy atom. The molecule has 2 aromatic rings. The molecule has 20 heavy (non-hydrogen) atoms. The van der Waals surface area contributed by atoms with Gasteiger partial charge in [0, 0.05) is 0 Å². The zero-order valence-corrected chi connectivity index (χ0v) is 10.8. The van der Waals surface area contributed by atoms with Gasteiger partial charge in [-0.1, -0.05) is 18.2 Å². The van der Waals surface area contributed by atoms with Gasteiger partial charge in [0.1, 0.15) is 0 Å². The molecule has 6 nitrogen and oxygen atoms in total. The number of H-pyrrole nitrogens is 1. The van der Waals surface area contributed by atoms with Gasteiger partial charge >= 0.3 is 17.4 Å². The smallest absolute Gasteiger partial charge is 0.419 e. The SMILES string of the molecule is CCOC(=O)CC=Cc1ccc2[nH]c(=O)oc(=O)c2c1.